The second kappa shape index (κ2) is 26.5. The van der Waals surface area contributed by atoms with Crippen molar-refractivity contribution in [1.29, 1.82) is 0 Å². The molecule has 0 saturated heterocycles. The summed E-state index contributed by atoms with van der Waals surface area (Å²) in [7, 11) is 1.95. The molecule has 35 heavy (non-hydrogen) atoms. The van der Waals surface area contributed by atoms with Crippen molar-refractivity contribution in [1.82, 2.24) is 4.90 Å². The maximum absolute atomic E-state index is 12.3. The van der Waals surface area contributed by atoms with Crippen molar-refractivity contribution in [3.05, 3.63) is 0 Å². The molecule has 0 rings (SSSR count). The van der Waals surface area contributed by atoms with Crippen LogP contribution in [0.25, 0.3) is 0 Å². The summed E-state index contributed by atoms with van der Waals surface area (Å²) >= 11 is 0. The van der Waals surface area contributed by atoms with E-state index in [1.807, 2.05) is 11.9 Å². The first-order valence-electron chi connectivity index (χ1n) is 15.6. The van der Waals surface area contributed by atoms with Crippen LogP contribution in [-0.4, -0.2) is 46.8 Å². The number of amides is 1. The Labute approximate surface area is 219 Å². The van der Waals surface area contributed by atoms with Crippen LogP contribution in [0, 0.1) is 0 Å². The Bertz CT molecular complexity index is 443. The number of carbonyl (C=O) groups excluding carboxylic acids is 1. The second-order valence-corrected chi connectivity index (χ2v) is 11.0. The van der Waals surface area contributed by atoms with E-state index in [9.17, 15) is 15.0 Å². The summed E-state index contributed by atoms with van der Waals surface area (Å²) in [6.07, 6.45) is 26.7. The van der Waals surface area contributed by atoms with Crippen LogP contribution in [-0.2, 0) is 4.79 Å². The third-order valence-electron chi connectivity index (χ3n) is 7.46. The lowest BCUT2D eigenvalue weighted by Crippen LogP contribution is -2.27. The maximum atomic E-state index is 12.3. The molecule has 4 nitrogen and oxygen atoms in total. The van der Waals surface area contributed by atoms with Gasteiger partial charge in [0.1, 0.15) is 0 Å². The molecule has 0 aromatic rings. The fourth-order valence-electron chi connectivity index (χ4n) is 4.83. The third kappa shape index (κ3) is 23.5. The van der Waals surface area contributed by atoms with E-state index in [2.05, 4.69) is 13.8 Å². The van der Waals surface area contributed by atoms with E-state index in [1.165, 1.54) is 83.5 Å². The molecule has 0 aliphatic carbocycles. The summed E-state index contributed by atoms with van der Waals surface area (Å²) in [5.41, 5.74) is 0. The Balaban J connectivity index is 3.50. The van der Waals surface area contributed by atoms with Crippen LogP contribution in [0.5, 0.6) is 0 Å². The van der Waals surface area contributed by atoms with Gasteiger partial charge in [-0.05, 0) is 25.7 Å². The topological polar surface area (TPSA) is 60.8 Å². The highest BCUT2D eigenvalue weighted by Crippen LogP contribution is 2.16. The zero-order valence-electron chi connectivity index (χ0n) is 24.1. The van der Waals surface area contributed by atoms with Crippen molar-refractivity contribution >= 4 is 5.91 Å². The molecule has 1 amide bonds. The normalized spacial score (nSPS) is 13.2. The van der Waals surface area contributed by atoms with E-state index in [0.29, 0.717) is 12.8 Å². The van der Waals surface area contributed by atoms with Crippen LogP contribution in [0.3, 0.4) is 0 Å². The molecule has 4 heteroatoms. The van der Waals surface area contributed by atoms with E-state index in [-0.39, 0.29) is 5.91 Å². The molecule has 0 heterocycles. The van der Waals surface area contributed by atoms with E-state index < -0.39 is 12.2 Å². The first-order chi connectivity index (χ1) is 17.0. The molecule has 0 bridgehead atoms. The molecule has 210 valence electrons. The summed E-state index contributed by atoms with van der Waals surface area (Å²) < 4.78 is 0. The molecule has 2 N–H and O–H groups in total. The predicted molar refractivity (Wildman–Crippen MR) is 152 cm³/mol. The van der Waals surface area contributed by atoms with Gasteiger partial charge in [-0.25, -0.2) is 0 Å². The number of hydrogen-bond donors (Lipinski definition) is 2. The first-order valence-corrected chi connectivity index (χ1v) is 15.6. The predicted octanol–water partition coefficient (Wildman–Crippen LogP) is 8.57. The smallest absolute Gasteiger partial charge is 0.222 e. The number of unbranched alkanes of at least 4 members (excludes halogenated alkanes) is 18. The molecule has 2 unspecified atom stereocenters. The van der Waals surface area contributed by atoms with E-state index >= 15 is 0 Å². The number of carbonyl (C=O) groups is 1. The van der Waals surface area contributed by atoms with Gasteiger partial charge in [-0.2, -0.15) is 0 Å². The standard InChI is InChI=1S/C31H63NO3/c1-4-6-8-10-12-13-14-15-20-24-28-32(3)31(35)27-23-19-16-18-22-26-30(34)29(33)25-21-17-11-9-7-5-2/h29-30,33-34H,4-28H2,1-3H3. The molecule has 0 spiro atoms. The zero-order chi connectivity index (χ0) is 26.0. The lowest BCUT2D eigenvalue weighted by Gasteiger charge is -2.18. The Morgan fingerprint density at radius 1 is 0.543 bits per heavy atom. The minimum absolute atomic E-state index is 0.286. The lowest BCUT2D eigenvalue weighted by atomic mass is 9.99. The fraction of sp³-hybridized carbons (Fsp3) is 0.968. The van der Waals surface area contributed by atoms with Crippen molar-refractivity contribution in [3.63, 3.8) is 0 Å². The minimum Gasteiger partial charge on any atom is -0.390 e. The number of aliphatic hydroxyl groups excluding tert-OH is 2. The van der Waals surface area contributed by atoms with Gasteiger partial charge < -0.3 is 15.1 Å². The van der Waals surface area contributed by atoms with E-state index in [4.69, 9.17) is 0 Å². The quantitative estimate of drug-likeness (QED) is 0.112. The molecule has 0 fully saturated rings. The minimum atomic E-state index is -0.577. The van der Waals surface area contributed by atoms with Gasteiger partial charge in [0, 0.05) is 20.0 Å². The average Bonchev–Trinajstić information content (AvgIpc) is 2.86. The average molecular weight is 498 g/mol. The maximum Gasteiger partial charge on any atom is 0.222 e. The summed E-state index contributed by atoms with van der Waals surface area (Å²) in [5, 5.41) is 20.3. The highest BCUT2D eigenvalue weighted by molar-refractivity contribution is 5.75. The van der Waals surface area contributed by atoms with Gasteiger partial charge in [0.25, 0.3) is 0 Å². The molecule has 0 aliphatic rings. The van der Waals surface area contributed by atoms with Gasteiger partial charge in [-0.3, -0.25) is 4.79 Å². The summed E-state index contributed by atoms with van der Waals surface area (Å²) in [5.74, 6) is 0.286. The van der Waals surface area contributed by atoms with Gasteiger partial charge >= 0.3 is 0 Å². The zero-order valence-corrected chi connectivity index (χ0v) is 24.1. The van der Waals surface area contributed by atoms with Gasteiger partial charge in [0.05, 0.1) is 12.2 Å². The molecule has 0 radical (unpaired) electrons. The Hall–Kier alpha value is -0.610. The van der Waals surface area contributed by atoms with E-state index in [0.717, 1.165) is 64.3 Å². The molecular formula is C31H63NO3. The number of rotatable bonds is 27. The monoisotopic (exact) mass is 497 g/mol. The Kier molecular flexibility index (Phi) is 26.0. The van der Waals surface area contributed by atoms with Crippen LogP contribution < -0.4 is 0 Å². The van der Waals surface area contributed by atoms with Gasteiger partial charge in [0.15, 0.2) is 0 Å². The van der Waals surface area contributed by atoms with Crippen molar-refractivity contribution in [2.45, 2.75) is 180 Å². The van der Waals surface area contributed by atoms with Crippen molar-refractivity contribution < 1.29 is 15.0 Å². The number of aliphatic hydroxyl groups is 2. The highest BCUT2D eigenvalue weighted by Gasteiger charge is 2.15. The largest absolute Gasteiger partial charge is 0.390 e. The van der Waals surface area contributed by atoms with Crippen LogP contribution >= 0.6 is 0 Å². The first kappa shape index (κ1) is 34.4. The van der Waals surface area contributed by atoms with Gasteiger partial charge in [0.2, 0.25) is 5.91 Å². The van der Waals surface area contributed by atoms with Crippen LogP contribution in [0.15, 0.2) is 0 Å². The summed E-state index contributed by atoms with van der Waals surface area (Å²) in [6, 6.07) is 0. The van der Waals surface area contributed by atoms with Gasteiger partial charge in [-0.1, -0.05) is 136 Å². The highest BCUT2D eigenvalue weighted by atomic mass is 16.3. The van der Waals surface area contributed by atoms with Crippen LogP contribution in [0.1, 0.15) is 168 Å². The second-order valence-electron chi connectivity index (χ2n) is 11.0. The molecule has 0 aromatic carbocycles. The Morgan fingerprint density at radius 3 is 1.31 bits per heavy atom. The van der Waals surface area contributed by atoms with Crippen molar-refractivity contribution in [3.8, 4) is 0 Å². The van der Waals surface area contributed by atoms with Crippen LogP contribution in [0.4, 0.5) is 0 Å². The lowest BCUT2D eigenvalue weighted by molar-refractivity contribution is -0.130. The van der Waals surface area contributed by atoms with Crippen molar-refractivity contribution in [2.24, 2.45) is 0 Å². The summed E-state index contributed by atoms with van der Waals surface area (Å²) in [4.78, 5) is 14.2. The number of hydrogen-bond acceptors (Lipinski definition) is 3. The summed E-state index contributed by atoms with van der Waals surface area (Å²) in [6.45, 7) is 5.38. The molecule has 0 aromatic heterocycles. The molecule has 0 saturated carbocycles. The third-order valence-corrected chi connectivity index (χ3v) is 7.46. The van der Waals surface area contributed by atoms with Crippen molar-refractivity contribution in [2.75, 3.05) is 13.6 Å². The molecule has 0 aliphatic heterocycles. The van der Waals surface area contributed by atoms with Gasteiger partial charge in [-0.15, -0.1) is 0 Å². The van der Waals surface area contributed by atoms with Crippen LogP contribution in [0.2, 0.25) is 0 Å². The SMILES string of the molecule is CCCCCCCCCCCCN(C)C(=O)CCCCCCCC(O)C(O)CCCCCCCC. The Morgan fingerprint density at radius 2 is 0.886 bits per heavy atom. The molecule has 2 atom stereocenters. The number of nitrogens with zero attached hydrogens (tertiary/aromatic N) is 1. The fourth-order valence-corrected chi connectivity index (χ4v) is 4.83. The molecular weight excluding hydrogens is 434 g/mol. The van der Waals surface area contributed by atoms with E-state index in [1.54, 1.807) is 0 Å².